The van der Waals surface area contributed by atoms with Gasteiger partial charge in [-0.25, -0.2) is 0 Å². The summed E-state index contributed by atoms with van der Waals surface area (Å²) in [6, 6.07) is 8.15. The summed E-state index contributed by atoms with van der Waals surface area (Å²) in [6.07, 6.45) is -4.39. The van der Waals surface area contributed by atoms with Crippen LogP contribution in [0.3, 0.4) is 0 Å². The quantitative estimate of drug-likeness (QED) is 0.765. The zero-order valence-electron chi connectivity index (χ0n) is 11.1. The second-order valence-corrected chi connectivity index (χ2v) is 5.91. The van der Waals surface area contributed by atoms with Crippen LogP contribution >= 0.6 is 15.9 Å². The Morgan fingerprint density at radius 2 is 1.80 bits per heavy atom. The molecule has 6 heteroatoms. The van der Waals surface area contributed by atoms with E-state index < -0.39 is 11.9 Å². The number of hydrogen-bond acceptors (Lipinski definition) is 1. The maximum atomic E-state index is 13.0. The molecular weight excluding hydrogens is 333 g/mol. The molecule has 0 aliphatic carbocycles. The molecule has 0 atom stereocenters. The van der Waals surface area contributed by atoms with E-state index in [4.69, 9.17) is 0 Å². The van der Waals surface area contributed by atoms with Crippen molar-refractivity contribution >= 4 is 15.9 Å². The average molecular weight is 347 g/mol. The van der Waals surface area contributed by atoms with Gasteiger partial charge in [0.1, 0.15) is 5.69 Å². The van der Waals surface area contributed by atoms with Crippen molar-refractivity contribution in [2.75, 3.05) is 0 Å². The molecule has 2 nitrogen and oxygen atoms in total. The third-order valence-corrected chi connectivity index (χ3v) is 3.28. The molecule has 1 heterocycles. The number of aromatic nitrogens is 2. The summed E-state index contributed by atoms with van der Waals surface area (Å²) in [5, 5.41) is 4.10. The molecule has 2 aromatic rings. The number of rotatable bonds is 3. The van der Waals surface area contributed by atoms with Crippen molar-refractivity contribution in [2.45, 2.75) is 26.6 Å². The second-order valence-electron chi connectivity index (χ2n) is 5.00. The minimum absolute atomic E-state index is 0.0915. The summed E-state index contributed by atoms with van der Waals surface area (Å²) in [4.78, 5) is 0. The van der Waals surface area contributed by atoms with Crippen LogP contribution in [0.15, 0.2) is 34.8 Å². The normalized spacial score (nSPS) is 12.2. The number of benzene rings is 1. The summed E-state index contributed by atoms with van der Waals surface area (Å²) >= 11 is 3.30. The lowest BCUT2D eigenvalue weighted by molar-refractivity contribution is -0.144. The van der Waals surface area contributed by atoms with E-state index in [9.17, 15) is 13.2 Å². The van der Waals surface area contributed by atoms with E-state index >= 15 is 0 Å². The van der Waals surface area contributed by atoms with E-state index in [-0.39, 0.29) is 12.5 Å². The molecular formula is C14H14BrF3N2. The third kappa shape index (κ3) is 3.42. The van der Waals surface area contributed by atoms with E-state index in [1.165, 1.54) is 0 Å². The highest BCUT2D eigenvalue weighted by molar-refractivity contribution is 9.10. The van der Waals surface area contributed by atoms with Crippen LogP contribution in [-0.4, -0.2) is 9.78 Å². The van der Waals surface area contributed by atoms with Crippen LogP contribution < -0.4 is 0 Å². The topological polar surface area (TPSA) is 17.8 Å². The molecule has 0 spiro atoms. The summed E-state index contributed by atoms with van der Waals surface area (Å²) < 4.78 is 41.0. The molecule has 1 aromatic carbocycles. The van der Waals surface area contributed by atoms with Gasteiger partial charge in [-0.1, -0.05) is 41.9 Å². The lowest BCUT2D eigenvalue weighted by Crippen LogP contribution is -2.16. The molecule has 1 aromatic heterocycles. The lowest BCUT2D eigenvalue weighted by atomic mass is 10.1. The van der Waals surface area contributed by atoms with Gasteiger partial charge in [0.05, 0.1) is 5.69 Å². The highest BCUT2D eigenvalue weighted by Gasteiger charge is 2.36. The van der Waals surface area contributed by atoms with Crippen molar-refractivity contribution in [3.05, 3.63) is 40.5 Å². The van der Waals surface area contributed by atoms with Crippen LogP contribution in [-0.2, 0) is 12.7 Å². The number of nitrogens with zero attached hydrogens (tertiary/aromatic N) is 2. The maximum Gasteiger partial charge on any atom is 0.433 e. The van der Waals surface area contributed by atoms with E-state index in [0.717, 1.165) is 15.2 Å². The minimum Gasteiger partial charge on any atom is -0.260 e. The smallest absolute Gasteiger partial charge is 0.260 e. The van der Waals surface area contributed by atoms with Gasteiger partial charge in [0.2, 0.25) is 0 Å². The van der Waals surface area contributed by atoms with Crippen molar-refractivity contribution in [1.82, 2.24) is 9.78 Å². The molecule has 20 heavy (non-hydrogen) atoms. The zero-order chi connectivity index (χ0) is 14.9. The van der Waals surface area contributed by atoms with Crippen molar-refractivity contribution < 1.29 is 13.2 Å². The molecule has 2 rings (SSSR count). The summed E-state index contributed by atoms with van der Waals surface area (Å²) in [7, 11) is 0. The Bertz CT molecular complexity index is 585. The first-order valence-electron chi connectivity index (χ1n) is 6.18. The second kappa shape index (κ2) is 5.60. The fourth-order valence-electron chi connectivity index (χ4n) is 1.89. The van der Waals surface area contributed by atoms with Gasteiger partial charge in [-0.2, -0.15) is 18.3 Å². The molecule has 0 saturated carbocycles. The van der Waals surface area contributed by atoms with Gasteiger partial charge in [-0.05, 0) is 24.1 Å². The zero-order valence-corrected chi connectivity index (χ0v) is 12.7. The molecule has 0 N–H and O–H groups in total. The van der Waals surface area contributed by atoms with Gasteiger partial charge >= 0.3 is 6.18 Å². The largest absolute Gasteiger partial charge is 0.433 e. The van der Waals surface area contributed by atoms with Crippen LogP contribution in [0, 0.1) is 5.92 Å². The summed E-state index contributed by atoms with van der Waals surface area (Å²) in [5.74, 6) is 0.0915. The van der Waals surface area contributed by atoms with Crippen molar-refractivity contribution in [1.29, 1.82) is 0 Å². The molecule has 0 bridgehead atoms. The SMILES string of the molecule is CC(C)Cn1nc(-c2ccc(Br)cc2)cc1C(F)(F)F. The predicted molar refractivity (Wildman–Crippen MR) is 75.2 cm³/mol. The molecule has 0 aliphatic heterocycles. The Morgan fingerprint density at radius 3 is 2.30 bits per heavy atom. The van der Waals surface area contributed by atoms with Gasteiger partial charge in [-0.15, -0.1) is 0 Å². The fraction of sp³-hybridized carbons (Fsp3) is 0.357. The molecule has 108 valence electrons. The van der Waals surface area contributed by atoms with E-state index in [0.29, 0.717) is 11.3 Å². The van der Waals surface area contributed by atoms with Gasteiger partial charge < -0.3 is 0 Å². The molecule has 0 unspecified atom stereocenters. The lowest BCUT2D eigenvalue weighted by Gasteiger charge is -2.11. The molecule has 0 amide bonds. The third-order valence-electron chi connectivity index (χ3n) is 2.75. The first kappa shape index (κ1) is 15.1. The molecule has 0 aliphatic rings. The standard InChI is InChI=1S/C14H14BrF3N2/c1-9(2)8-20-13(14(16,17)18)7-12(19-20)10-3-5-11(15)6-4-10/h3-7,9H,8H2,1-2H3. The van der Waals surface area contributed by atoms with Crippen LogP contribution in [0.2, 0.25) is 0 Å². The Balaban J connectivity index is 2.45. The molecule has 0 fully saturated rings. The highest BCUT2D eigenvalue weighted by atomic mass is 79.9. The first-order chi connectivity index (χ1) is 9.27. The first-order valence-corrected chi connectivity index (χ1v) is 6.97. The Hall–Kier alpha value is -1.30. The Morgan fingerprint density at radius 1 is 1.20 bits per heavy atom. The fourth-order valence-corrected chi connectivity index (χ4v) is 2.16. The van der Waals surface area contributed by atoms with Gasteiger partial charge in [0.25, 0.3) is 0 Å². The number of alkyl halides is 3. The average Bonchev–Trinajstić information content (AvgIpc) is 2.72. The Kier molecular flexibility index (Phi) is 4.22. The summed E-state index contributed by atoms with van der Waals surface area (Å²) in [6.45, 7) is 3.97. The van der Waals surface area contributed by atoms with Gasteiger partial charge in [0, 0.05) is 16.6 Å². The van der Waals surface area contributed by atoms with Crippen LogP contribution in [0.1, 0.15) is 19.5 Å². The predicted octanol–water partition coefficient (Wildman–Crippen LogP) is 4.99. The molecule has 0 radical (unpaired) electrons. The van der Waals surface area contributed by atoms with Crippen molar-refractivity contribution in [3.63, 3.8) is 0 Å². The monoisotopic (exact) mass is 346 g/mol. The van der Waals surface area contributed by atoms with Gasteiger partial charge in [0.15, 0.2) is 0 Å². The van der Waals surface area contributed by atoms with E-state index in [1.807, 2.05) is 13.8 Å². The van der Waals surface area contributed by atoms with E-state index in [1.54, 1.807) is 24.3 Å². The van der Waals surface area contributed by atoms with Crippen molar-refractivity contribution in [2.24, 2.45) is 5.92 Å². The van der Waals surface area contributed by atoms with Crippen LogP contribution in [0.5, 0.6) is 0 Å². The van der Waals surface area contributed by atoms with E-state index in [2.05, 4.69) is 21.0 Å². The van der Waals surface area contributed by atoms with Crippen LogP contribution in [0.25, 0.3) is 11.3 Å². The van der Waals surface area contributed by atoms with Gasteiger partial charge in [-0.3, -0.25) is 4.68 Å². The number of hydrogen-bond donors (Lipinski definition) is 0. The minimum atomic E-state index is -4.39. The maximum absolute atomic E-state index is 13.0. The van der Waals surface area contributed by atoms with Crippen molar-refractivity contribution in [3.8, 4) is 11.3 Å². The Labute approximate surface area is 123 Å². The van der Waals surface area contributed by atoms with Crippen LogP contribution in [0.4, 0.5) is 13.2 Å². The molecule has 0 saturated heterocycles. The summed E-state index contributed by atoms with van der Waals surface area (Å²) in [5.41, 5.74) is 0.302. The highest BCUT2D eigenvalue weighted by Crippen LogP contribution is 2.33. The number of halogens is 4.